The number of hydrogen-bond donors (Lipinski definition) is 1. The zero-order chi connectivity index (χ0) is 19.2. The lowest BCUT2D eigenvalue weighted by atomic mass is 10.2. The van der Waals surface area contributed by atoms with Gasteiger partial charge in [0.2, 0.25) is 0 Å². The Hall–Kier alpha value is -2.57. The molecule has 1 aromatic carbocycles. The van der Waals surface area contributed by atoms with Crippen molar-refractivity contribution in [3.8, 4) is 6.07 Å². The maximum atomic E-state index is 12.2. The Balaban J connectivity index is 1.55. The lowest BCUT2D eigenvalue weighted by molar-refractivity contribution is 0.142. The quantitative estimate of drug-likeness (QED) is 0.594. The van der Waals surface area contributed by atoms with Gasteiger partial charge in [0.1, 0.15) is 6.10 Å². The molecule has 1 aromatic rings. The summed E-state index contributed by atoms with van der Waals surface area (Å²) in [6.07, 6.45) is -0.638. The van der Waals surface area contributed by atoms with Crippen molar-refractivity contribution in [1.29, 1.82) is 5.26 Å². The van der Waals surface area contributed by atoms with E-state index in [9.17, 15) is 4.79 Å². The predicted octanol–water partition coefficient (Wildman–Crippen LogP) is 1.18. The molecular formula is C18H23N5O3S. The highest BCUT2D eigenvalue weighted by molar-refractivity contribution is 7.80. The van der Waals surface area contributed by atoms with Crippen LogP contribution in [0.5, 0.6) is 0 Å². The molecule has 0 spiro atoms. The Morgan fingerprint density at radius 2 is 1.96 bits per heavy atom. The van der Waals surface area contributed by atoms with Gasteiger partial charge >= 0.3 is 6.09 Å². The lowest BCUT2D eigenvalue weighted by Gasteiger charge is -2.35. The highest BCUT2D eigenvalue weighted by Gasteiger charge is 2.32. The molecule has 144 valence electrons. The van der Waals surface area contributed by atoms with Crippen LogP contribution in [0.1, 0.15) is 0 Å². The number of nitriles is 1. The van der Waals surface area contributed by atoms with E-state index in [0.29, 0.717) is 19.6 Å². The minimum absolute atomic E-state index is 0.279. The highest BCUT2D eigenvalue weighted by atomic mass is 32.1. The molecule has 9 heteroatoms. The Labute approximate surface area is 164 Å². The number of nitrogens with one attached hydrogen (secondary N) is 1. The largest absolute Gasteiger partial charge is 0.474 e. The Kier molecular flexibility index (Phi) is 6.32. The fourth-order valence-electron chi connectivity index (χ4n) is 3.22. The summed E-state index contributed by atoms with van der Waals surface area (Å²) in [5.41, 5.74) is 1.93. The minimum atomic E-state index is -0.358. The number of benzene rings is 1. The van der Waals surface area contributed by atoms with Crippen molar-refractivity contribution in [2.75, 3.05) is 62.7 Å². The summed E-state index contributed by atoms with van der Waals surface area (Å²) in [5, 5.41) is 12.0. The van der Waals surface area contributed by atoms with E-state index >= 15 is 0 Å². The highest BCUT2D eigenvalue weighted by Crippen LogP contribution is 2.25. The van der Waals surface area contributed by atoms with Crippen LogP contribution in [0.3, 0.4) is 0 Å². The summed E-state index contributed by atoms with van der Waals surface area (Å²) < 4.78 is 10.3. The molecule has 2 heterocycles. The second-order valence-corrected chi connectivity index (χ2v) is 6.80. The van der Waals surface area contributed by atoms with E-state index in [4.69, 9.17) is 27.0 Å². The van der Waals surface area contributed by atoms with Crippen LogP contribution >= 0.6 is 12.2 Å². The van der Waals surface area contributed by atoms with Crippen LogP contribution in [-0.4, -0.2) is 75.2 Å². The van der Waals surface area contributed by atoms with E-state index < -0.39 is 0 Å². The van der Waals surface area contributed by atoms with Gasteiger partial charge in [-0.2, -0.15) is 5.26 Å². The first-order chi connectivity index (χ1) is 13.1. The second kappa shape index (κ2) is 8.88. The van der Waals surface area contributed by atoms with Crippen molar-refractivity contribution in [3.63, 3.8) is 0 Å². The van der Waals surface area contributed by atoms with Gasteiger partial charge in [0, 0.05) is 37.6 Å². The van der Waals surface area contributed by atoms with Crippen LogP contribution in [0.25, 0.3) is 0 Å². The van der Waals surface area contributed by atoms with Gasteiger partial charge in [0.05, 0.1) is 32.8 Å². The number of anilines is 2. The van der Waals surface area contributed by atoms with Crippen LogP contribution in [0.15, 0.2) is 24.3 Å². The topological polar surface area (TPSA) is 81.1 Å². The summed E-state index contributed by atoms with van der Waals surface area (Å²) in [5.74, 6) is 0. The number of ether oxygens (including phenoxy) is 2. The third-order valence-electron chi connectivity index (χ3n) is 4.73. The monoisotopic (exact) mass is 389 g/mol. The number of thiocarbonyl (C=S) groups is 1. The molecule has 0 aliphatic carbocycles. The van der Waals surface area contributed by atoms with Gasteiger partial charge in [-0.25, -0.2) is 4.79 Å². The lowest BCUT2D eigenvalue weighted by Crippen LogP contribution is -2.46. The zero-order valence-corrected chi connectivity index (χ0v) is 16.1. The fourth-order valence-corrected chi connectivity index (χ4v) is 3.30. The van der Waals surface area contributed by atoms with Crippen molar-refractivity contribution >= 4 is 34.9 Å². The normalized spacial score (nSPS) is 20.1. The van der Waals surface area contributed by atoms with Crippen molar-refractivity contribution in [2.45, 2.75) is 6.10 Å². The van der Waals surface area contributed by atoms with Gasteiger partial charge in [-0.1, -0.05) is 0 Å². The standard InChI is InChI=1S/C18H23N5O3S/c1-25-17(27)20-12-16-13-23(18(24)26-16)15-4-2-14(3-5-15)22-10-8-21(7-6-19)9-11-22/h2-5,16H,7-13H2,1H3,(H,20,27)/t16-/m0/s1. The Morgan fingerprint density at radius 1 is 1.30 bits per heavy atom. The van der Waals surface area contributed by atoms with Crippen molar-refractivity contribution in [2.24, 2.45) is 0 Å². The van der Waals surface area contributed by atoms with E-state index in [1.807, 2.05) is 24.3 Å². The third kappa shape index (κ3) is 4.78. The van der Waals surface area contributed by atoms with Crippen LogP contribution < -0.4 is 15.1 Å². The summed E-state index contributed by atoms with van der Waals surface area (Å²) in [6.45, 7) is 4.90. The smallest absolute Gasteiger partial charge is 0.414 e. The molecular weight excluding hydrogens is 366 g/mol. The van der Waals surface area contributed by atoms with Gasteiger partial charge in [-0.05, 0) is 36.5 Å². The number of cyclic esters (lactones) is 1. The molecule has 27 heavy (non-hydrogen) atoms. The van der Waals surface area contributed by atoms with Gasteiger partial charge in [0.25, 0.3) is 5.17 Å². The number of carbonyl (C=O) groups is 1. The molecule has 2 aliphatic heterocycles. The van der Waals surface area contributed by atoms with Gasteiger partial charge in [0.15, 0.2) is 0 Å². The fraction of sp³-hybridized carbons (Fsp3) is 0.500. The maximum Gasteiger partial charge on any atom is 0.414 e. The van der Waals surface area contributed by atoms with Crippen molar-refractivity contribution in [3.05, 3.63) is 24.3 Å². The predicted molar refractivity (Wildman–Crippen MR) is 106 cm³/mol. The molecule has 2 saturated heterocycles. The van der Waals surface area contributed by atoms with Crippen molar-refractivity contribution < 1.29 is 14.3 Å². The van der Waals surface area contributed by atoms with E-state index in [2.05, 4.69) is 21.2 Å². The maximum absolute atomic E-state index is 12.2. The molecule has 1 atom stereocenters. The van der Waals surface area contributed by atoms with E-state index in [0.717, 1.165) is 37.6 Å². The molecule has 0 bridgehead atoms. The number of carbonyl (C=O) groups excluding carboxylic acids is 1. The summed E-state index contributed by atoms with van der Waals surface area (Å²) >= 11 is 4.93. The number of methoxy groups -OCH3 is 1. The van der Waals surface area contributed by atoms with Gasteiger partial charge < -0.3 is 19.7 Å². The average molecular weight is 389 g/mol. The first-order valence-corrected chi connectivity index (χ1v) is 9.26. The summed E-state index contributed by atoms with van der Waals surface area (Å²) in [6, 6.07) is 10.1. The number of amides is 1. The SMILES string of the molecule is COC(=S)NC[C@H]1CN(c2ccc(N3CCN(CC#N)CC3)cc2)C(=O)O1. The second-order valence-electron chi connectivity index (χ2n) is 6.43. The number of hydrogen-bond acceptors (Lipinski definition) is 7. The number of rotatable bonds is 5. The molecule has 2 fully saturated rings. The molecule has 1 N–H and O–H groups in total. The van der Waals surface area contributed by atoms with Crippen LogP contribution in [0.2, 0.25) is 0 Å². The molecule has 0 aromatic heterocycles. The van der Waals surface area contributed by atoms with E-state index in [1.54, 1.807) is 4.90 Å². The molecule has 2 aliphatic rings. The van der Waals surface area contributed by atoms with Crippen LogP contribution in [-0.2, 0) is 9.47 Å². The molecule has 0 radical (unpaired) electrons. The number of nitrogens with zero attached hydrogens (tertiary/aromatic N) is 4. The first-order valence-electron chi connectivity index (χ1n) is 8.85. The zero-order valence-electron chi connectivity index (χ0n) is 15.3. The molecule has 1 amide bonds. The average Bonchev–Trinajstić information content (AvgIpc) is 3.08. The molecule has 8 nitrogen and oxygen atoms in total. The molecule has 0 unspecified atom stereocenters. The minimum Gasteiger partial charge on any atom is -0.474 e. The number of piperazine rings is 1. The molecule has 0 saturated carbocycles. The van der Waals surface area contributed by atoms with Crippen LogP contribution in [0.4, 0.5) is 16.2 Å². The molecule has 3 rings (SSSR count). The third-order valence-corrected chi connectivity index (χ3v) is 5.04. The summed E-state index contributed by atoms with van der Waals surface area (Å²) in [7, 11) is 1.49. The summed E-state index contributed by atoms with van der Waals surface area (Å²) in [4.78, 5) is 18.2. The Bertz CT molecular complexity index is 713. The van der Waals surface area contributed by atoms with Crippen LogP contribution in [0, 0.1) is 11.3 Å². The van der Waals surface area contributed by atoms with Gasteiger partial charge in [-0.3, -0.25) is 9.80 Å². The first kappa shape index (κ1) is 19.2. The Morgan fingerprint density at radius 3 is 2.59 bits per heavy atom. The van der Waals surface area contributed by atoms with E-state index in [-0.39, 0.29) is 17.4 Å². The van der Waals surface area contributed by atoms with Crippen molar-refractivity contribution in [1.82, 2.24) is 10.2 Å². The van der Waals surface area contributed by atoms with Gasteiger partial charge in [-0.15, -0.1) is 0 Å². The van der Waals surface area contributed by atoms with E-state index in [1.165, 1.54) is 7.11 Å².